The Morgan fingerprint density at radius 3 is 2.75 bits per heavy atom. The van der Waals surface area contributed by atoms with Crippen LogP contribution in [0.15, 0.2) is 57.5 Å². The van der Waals surface area contributed by atoms with Crippen LogP contribution in [0.25, 0.3) is 11.3 Å². The number of rotatable bonds is 8. The van der Waals surface area contributed by atoms with E-state index in [-0.39, 0.29) is 35.2 Å². The highest BCUT2D eigenvalue weighted by Crippen LogP contribution is 2.27. The molecule has 0 fully saturated rings. The van der Waals surface area contributed by atoms with Gasteiger partial charge in [0.2, 0.25) is 5.91 Å². The molecule has 10 heteroatoms. The molecule has 1 N–H and O–H groups in total. The van der Waals surface area contributed by atoms with Gasteiger partial charge in [0.1, 0.15) is 11.6 Å². The van der Waals surface area contributed by atoms with Crippen LogP contribution in [0, 0.1) is 19.7 Å². The van der Waals surface area contributed by atoms with Crippen LogP contribution in [0.1, 0.15) is 17.0 Å². The van der Waals surface area contributed by atoms with Gasteiger partial charge in [0.05, 0.1) is 11.4 Å². The van der Waals surface area contributed by atoms with Crippen LogP contribution < -0.4 is 10.1 Å². The Bertz CT molecular complexity index is 1220. The second kappa shape index (κ2) is 9.92. The van der Waals surface area contributed by atoms with Crippen molar-refractivity contribution in [2.75, 3.05) is 11.1 Å². The molecular formula is C22H19FN4O3S2. The average Bonchev–Trinajstić information content (AvgIpc) is 3.43. The highest BCUT2D eigenvalue weighted by molar-refractivity contribution is 7.99. The molecule has 0 spiro atoms. The SMILES string of the molecule is Cc1ccc(-c2csc(NC(=O)CSc3nnc(COc4ccc(F)cc4)o3)n2)cc1C. The number of aromatic nitrogens is 3. The zero-order valence-corrected chi connectivity index (χ0v) is 18.9. The van der Waals surface area contributed by atoms with Gasteiger partial charge in [-0.05, 0) is 55.3 Å². The Hall–Kier alpha value is -3.24. The molecule has 2 aromatic heterocycles. The van der Waals surface area contributed by atoms with Gasteiger partial charge < -0.3 is 14.5 Å². The van der Waals surface area contributed by atoms with E-state index in [9.17, 15) is 9.18 Å². The van der Waals surface area contributed by atoms with Crippen molar-refractivity contribution in [1.29, 1.82) is 0 Å². The molecule has 0 aliphatic heterocycles. The van der Waals surface area contributed by atoms with Crippen LogP contribution in [0.4, 0.5) is 9.52 Å². The first kappa shape index (κ1) is 22.0. The average molecular weight is 471 g/mol. The first-order valence-electron chi connectivity index (χ1n) is 9.63. The van der Waals surface area contributed by atoms with Gasteiger partial charge in [-0.25, -0.2) is 9.37 Å². The van der Waals surface area contributed by atoms with Gasteiger partial charge in [-0.15, -0.1) is 21.5 Å². The van der Waals surface area contributed by atoms with Gasteiger partial charge in [0, 0.05) is 10.9 Å². The molecule has 0 radical (unpaired) electrons. The summed E-state index contributed by atoms with van der Waals surface area (Å²) in [5.74, 6) is 0.278. The van der Waals surface area contributed by atoms with Crippen molar-refractivity contribution >= 4 is 34.1 Å². The largest absolute Gasteiger partial charge is 0.484 e. The fourth-order valence-electron chi connectivity index (χ4n) is 2.68. The van der Waals surface area contributed by atoms with Crippen LogP contribution in [0.2, 0.25) is 0 Å². The molecule has 1 amide bonds. The predicted molar refractivity (Wildman–Crippen MR) is 121 cm³/mol. The van der Waals surface area contributed by atoms with Gasteiger partial charge >= 0.3 is 0 Å². The Labute approximate surface area is 192 Å². The Morgan fingerprint density at radius 2 is 1.97 bits per heavy atom. The number of halogens is 1. The minimum absolute atomic E-state index is 0.0474. The van der Waals surface area contributed by atoms with Crippen molar-refractivity contribution in [3.8, 4) is 17.0 Å². The third kappa shape index (κ3) is 5.71. The number of carbonyl (C=O) groups is 1. The number of anilines is 1. The van der Waals surface area contributed by atoms with Gasteiger partial charge in [-0.1, -0.05) is 23.9 Å². The fourth-order valence-corrected chi connectivity index (χ4v) is 3.99. The molecule has 164 valence electrons. The summed E-state index contributed by atoms with van der Waals surface area (Å²) < 4.78 is 23.8. The molecule has 32 heavy (non-hydrogen) atoms. The van der Waals surface area contributed by atoms with E-state index in [0.29, 0.717) is 10.9 Å². The summed E-state index contributed by atoms with van der Waals surface area (Å²) in [6.45, 7) is 4.17. The molecule has 0 saturated carbocycles. The van der Waals surface area contributed by atoms with E-state index in [1.165, 1.54) is 46.7 Å². The lowest BCUT2D eigenvalue weighted by molar-refractivity contribution is -0.113. The second-order valence-electron chi connectivity index (χ2n) is 6.88. The summed E-state index contributed by atoms with van der Waals surface area (Å²) >= 11 is 2.49. The standard InChI is InChI=1S/C22H19FN4O3S2/c1-13-3-4-15(9-14(13)2)18-11-31-21(24-18)25-19(28)12-32-22-27-26-20(30-22)10-29-17-7-5-16(23)6-8-17/h3-9,11H,10,12H2,1-2H3,(H,24,25,28). The number of carbonyl (C=O) groups excluding carboxylic acids is 1. The maximum absolute atomic E-state index is 12.9. The monoisotopic (exact) mass is 470 g/mol. The number of thioether (sulfide) groups is 1. The number of amides is 1. The molecule has 2 aromatic carbocycles. The minimum atomic E-state index is -0.341. The lowest BCUT2D eigenvalue weighted by Gasteiger charge is -2.03. The first-order valence-corrected chi connectivity index (χ1v) is 11.5. The van der Waals surface area contributed by atoms with Gasteiger partial charge in [0.15, 0.2) is 11.7 Å². The smallest absolute Gasteiger partial charge is 0.277 e. The van der Waals surface area contributed by atoms with Gasteiger partial charge in [-0.2, -0.15) is 0 Å². The van der Waals surface area contributed by atoms with Crippen molar-refractivity contribution in [1.82, 2.24) is 15.2 Å². The van der Waals surface area contributed by atoms with E-state index in [2.05, 4.69) is 46.5 Å². The van der Waals surface area contributed by atoms with Crippen LogP contribution in [-0.4, -0.2) is 26.8 Å². The molecule has 4 aromatic rings. The van der Waals surface area contributed by atoms with Gasteiger partial charge in [-0.3, -0.25) is 4.79 Å². The van der Waals surface area contributed by atoms with E-state index in [0.717, 1.165) is 23.0 Å². The van der Waals surface area contributed by atoms with Crippen LogP contribution in [0.3, 0.4) is 0 Å². The highest BCUT2D eigenvalue weighted by atomic mass is 32.2. The number of hydrogen-bond acceptors (Lipinski definition) is 8. The van der Waals surface area contributed by atoms with Crippen LogP contribution in [-0.2, 0) is 11.4 Å². The summed E-state index contributed by atoms with van der Waals surface area (Å²) in [5.41, 5.74) is 4.25. The third-order valence-corrected chi connectivity index (χ3v) is 6.08. The van der Waals surface area contributed by atoms with Crippen molar-refractivity contribution in [3.05, 3.63) is 70.7 Å². The van der Waals surface area contributed by atoms with E-state index in [4.69, 9.17) is 9.15 Å². The quantitative estimate of drug-likeness (QED) is 0.351. The predicted octanol–water partition coefficient (Wildman–Crippen LogP) is 5.26. The summed E-state index contributed by atoms with van der Waals surface area (Å²) in [6, 6.07) is 11.8. The number of aryl methyl sites for hydroxylation is 2. The van der Waals surface area contributed by atoms with Crippen molar-refractivity contribution in [3.63, 3.8) is 0 Å². The molecule has 0 aliphatic rings. The van der Waals surface area contributed by atoms with Crippen LogP contribution in [0.5, 0.6) is 5.75 Å². The lowest BCUT2D eigenvalue weighted by Crippen LogP contribution is -2.13. The molecule has 0 unspecified atom stereocenters. The van der Waals surface area contributed by atoms with E-state index >= 15 is 0 Å². The van der Waals surface area contributed by atoms with E-state index in [1.54, 1.807) is 0 Å². The van der Waals surface area contributed by atoms with Crippen molar-refractivity contribution in [2.45, 2.75) is 25.7 Å². The Morgan fingerprint density at radius 1 is 1.16 bits per heavy atom. The number of nitrogens with one attached hydrogen (secondary N) is 1. The molecule has 0 atom stereocenters. The zero-order chi connectivity index (χ0) is 22.5. The summed E-state index contributed by atoms with van der Waals surface area (Å²) in [4.78, 5) is 16.8. The molecule has 7 nitrogen and oxygen atoms in total. The van der Waals surface area contributed by atoms with E-state index < -0.39 is 0 Å². The fraction of sp³-hybridized carbons (Fsp3) is 0.182. The zero-order valence-electron chi connectivity index (χ0n) is 17.3. The molecule has 2 heterocycles. The summed E-state index contributed by atoms with van der Waals surface area (Å²) in [7, 11) is 0. The maximum atomic E-state index is 12.9. The number of hydrogen-bond donors (Lipinski definition) is 1. The molecule has 4 rings (SSSR count). The maximum Gasteiger partial charge on any atom is 0.277 e. The Balaban J connectivity index is 1.26. The topological polar surface area (TPSA) is 90.1 Å². The summed E-state index contributed by atoms with van der Waals surface area (Å²) in [6.07, 6.45) is 0. The molecular weight excluding hydrogens is 451 g/mol. The number of thiazole rings is 1. The van der Waals surface area contributed by atoms with Gasteiger partial charge in [0.25, 0.3) is 11.1 Å². The number of nitrogens with zero attached hydrogens (tertiary/aromatic N) is 3. The van der Waals surface area contributed by atoms with Crippen LogP contribution >= 0.6 is 23.1 Å². The lowest BCUT2D eigenvalue weighted by atomic mass is 10.1. The normalized spacial score (nSPS) is 10.8. The highest BCUT2D eigenvalue weighted by Gasteiger charge is 2.13. The number of benzene rings is 2. The molecule has 0 aliphatic carbocycles. The Kier molecular flexibility index (Phi) is 6.81. The minimum Gasteiger partial charge on any atom is -0.484 e. The van der Waals surface area contributed by atoms with Crippen molar-refractivity contribution in [2.24, 2.45) is 0 Å². The second-order valence-corrected chi connectivity index (χ2v) is 8.66. The van der Waals surface area contributed by atoms with E-state index in [1.807, 2.05) is 11.4 Å². The third-order valence-electron chi connectivity index (χ3n) is 4.50. The number of ether oxygens (including phenoxy) is 1. The molecule has 0 bridgehead atoms. The summed E-state index contributed by atoms with van der Waals surface area (Å²) in [5, 5.41) is 13.3. The molecule has 0 saturated heterocycles. The van der Waals surface area contributed by atoms with Crippen molar-refractivity contribution < 1.29 is 18.3 Å². The first-order chi connectivity index (χ1) is 15.5.